The predicted molar refractivity (Wildman–Crippen MR) is 128 cm³/mol. The smallest absolute Gasteiger partial charge is 0.250 e. The van der Waals surface area contributed by atoms with Crippen molar-refractivity contribution in [1.82, 2.24) is 0 Å². The van der Waals surface area contributed by atoms with E-state index in [-0.39, 0.29) is 17.7 Å². The van der Waals surface area contributed by atoms with Gasteiger partial charge < -0.3 is 5.32 Å². The van der Waals surface area contributed by atoms with E-state index in [0.29, 0.717) is 28.3 Å². The van der Waals surface area contributed by atoms with Crippen molar-refractivity contribution in [2.24, 2.45) is 0 Å². The highest BCUT2D eigenvalue weighted by molar-refractivity contribution is 6.04. The highest BCUT2D eigenvalue weighted by Crippen LogP contribution is 2.31. The minimum absolute atomic E-state index is 0.111. The molecule has 6 heteroatoms. The summed E-state index contributed by atoms with van der Waals surface area (Å²) >= 11 is 0. The Morgan fingerprint density at radius 1 is 0.625 bits per heavy atom. The molecule has 0 radical (unpaired) electrons. The van der Waals surface area contributed by atoms with E-state index in [2.05, 4.69) is 11.9 Å². The summed E-state index contributed by atoms with van der Waals surface area (Å²) in [5, 5.41) is 2.74. The van der Waals surface area contributed by atoms with Crippen LogP contribution in [0.15, 0.2) is 91.0 Å². The minimum Gasteiger partial charge on any atom is -0.322 e. The maximum Gasteiger partial charge on any atom is 0.250 e. The Labute approximate surface area is 187 Å². The van der Waals surface area contributed by atoms with E-state index in [1.165, 1.54) is 13.8 Å². The molecule has 0 aliphatic rings. The monoisotopic (exact) mass is 427 g/mol. The lowest BCUT2D eigenvalue weighted by Crippen LogP contribution is -2.24. The molecule has 1 N–H and O–H groups in total. The molecule has 0 unspecified atom stereocenters. The van der Waals surface area contributed by atoms with E-state index in [4.69, 9.17) is 0 Å². The number of nitrogens with one attached hydrogen (secondary N) is 1. The second-order valence-corrected chi connectivity index (χ2v) is 7.34. The summed E-state index contributed by atoms with van der Waals surface area (Å²) in [5.74, 6) is -0.534. The molecular formula is C26H25N3O3. The second-order valence-electron chi connectivity index (χ2n) is 7.34. The van der Waals surface area contributed by atoms with Crippen LogP contribution in [0.1, 0.15) is 20.8 Å². The lowest BCUT2D eigenvalue weighted by Gasteiger charge is -2.24. The van der Waals surface area contributed by atoms with Crippen molar-refractivity contribution in [2.75, 3.05) is 15.1 Å². The van der Waals surface area contributed by atoms with Gasteiger partial charge in [0.1, 0.15) is 0 Å². The highest BCUT2D eigenvalue weighted by atomic mass is 16.2. The quantitative estimate of drug-likeness (QED) is 0.523. The molecule has 0 aliphatic carbocycles. The molecule has 0 saturated heterocycles. The molecule has 162 valence electrons. The summed E-state index contributed by atoms with van der Waals surface area (Å²) < 4.78 is 0. The molecular weight excluding hydrogens is 402 g/mol. The van der Waals surface area contributed by atoms with Gasteiger partial charge in [-0.2, -0.15) is 0 Å². The van der Waals surface area contributed by atoms with Crippen LogP contribution in [0.5, 0.6) is 0 Å². The van der Waals surface area contributed by atoms with Crippen molar-refractivity contribution in [3.63, 3.8) is 0 Å². The summed E-state index contributed by atoms with van der Waals surface area (Å²) in [7, 11) is 0. The van der Waals surface area contributed by atoms with Gasteiger partial charge in [-0.1, -0.05) is 24.8 Å². The van der Waals surface area contributed by atoms with Crippen LogP contribution in [0.2, 0.25) is 0 Å². The fourth-order valence-corrected chi connectivity index (χ4v) is 3.28. The van der Waals surface area contributed by atoms with Crippen LogP contribution in [0.4, 0.5) is 28.4 Å². The van der Waals surface area contributed by atoms with Crippen LogP contribution < -0.4 is 15.1 Å². The van der Waals surface area contributed by atoms with E-state index in [1.54, 1.807) is 65.3 Å². The minimum atomic E-state index is -0.259. The number of nitrogens with zero attached hydrogens (tertiary/aromatic N) is 2. The number of benzene rings is 3. The number of hydrogen-bond donors (Lipinski definition) is 1. The third-order valence-electron chi connectivity index (χ3n) is 4.78. The van der Waals surface area contributed by atoms with Gasteiger partial charge >= 0.3 is 0 Å². The lowest BCUT2D eigenvalue weighted by molar-refractivity contribution is -0.116. The van der Waals surface area contributed by atoms with Crippen molar-refractivity contribution in [1.29, 1.82) is 0 Å². The second kappa shape index (κ2) is 9.75. The number of amides is 3. The first-order chi connectivity index (χ1) is 15.3. The molecule has 0 saturated carbocycles. The Bertz CT molecular complexity index is 1140. The molecule has 3 amide bonds. The topological polar surface area (TPSA) is 69.7 Å². The average Bonchev–Trinajstić information content (AvgIpc) is 2.76. The van der Waals surface area contributed by atoms with E-state index >= 15 is 0 Å². The van der Waals surface area contributed by atoms with Crippen LogP contribution in [0, 0.1) is 0 Å². The van der Waals surface area contributed by atoms with Crippen molar-refractivity contribution < 1.29 is 14.4 Å². The molecule has 0 bridgehead atoms. The fourth-order valence-electron chi connectivity index (χ4n) is 3.28. The van der Waals surface area contributed by atoms with Gasteiger partial charge in [0.15, 0.2) is 0 Å². The van der Waals surface area contributed by atoms with E-state index in [9.17, 15) is 14.4 Å². The third kappa shape index (κ3) is 5.10. The zero-order valence-corrected chi connectivity index (χ0v) is 18.3. The maximum atomic E-state index is 12.4. The number of carbonyl (C=O) groups is 3. The van der Waals surface area contributed by atoms with Gasteiger partial charge in [-0.3, -0.25) is 24.2 Å². The molecule has 0 aromatic heterocycles. The Hall–Kier alpha value is -4.19. The van der Waals surface area contributed by atoms with Gasteiger partial charge in [0, 0.05) is 47.9 Å². The first-order valence-electron chi connectivity index (χ1n) is 10.1. The van der Waals surface area contributed by atoms with Gasteiger partial charge in [-0.15, -0.1) is 0 Å². The predicted octanol–water partition coefficient (Wildman–Crippen LogP) is 5.57. The Balaban J connectivity index is 1.88. The van der Waals surface area contributed by atoms with Crippen LogP contribution in [0.3, 0.4) is 0 Å². The first kappa shape index (κ1) is 22.5. The number of carbonyl (C=O) groups excluding carboxylic acids is 3. The number of para-hydroxylation sites is 1. The van der Waals surface area contributed by atoms with Crippen LogP contribution in [-0.2, 0) is 14.4 Å². The van der Waals surface area contributed by atoms with Crippen LogP contribution >= 0.6 is 0 Å². The van der Waals surface area contributed by atoms with E-state index in [1.807, 2.05) is 30.3 Å². The van der Waals surface area contributed by atoms with Crippen molar-refractivity contribution in [3.05, 3.63) is 91.0 Å². The molecule has 3 rings (SSSR count). The van der Waals surface area contributed by atoms with E-state index < -0.39 is 0 Å². The Kier molecular flexibility index (Phi) is 6.85. The van der Waals surface area contributed by atoms with Crippen LogP contribution in [0.25, 0.3) is 0 Å². The molecule has 0 atom stereocenters. The molecule has 0 aliphatic heterocycles. The van der Waals surface area contributed by atoms with Crippen molar-refractivity contribution >= 4 is 46.2 Å². The van der Waals surface area contributed by atoms with Gasteiger partial charge in [0.05, 0.1) is 0 Å². The van der Waals surface area contributed by atoms with Gasteiger partial charge in [-0.25, -0.2) is 0 Å². The number of hydrogen-bond acceptors (Lipinski definition) is 3. The maximum absolute atomic E-state index is 12.4. The van der Waals surface area contributed by atoms with E-state index in [0.717, 1.165) is 5.69 Å². The first-order valence-corrected chi connectivity index (χ1v) is 10.1. The Morgan fingerprint density at radius 3 is 1.38 bits per heavy atom. The number of rotatable bonds is 6. The lowest BCUT2D eigenvalue weighted by atomic mass is 10.2. The van der Waals surface area contributed by atoms with Crippen molar-refractivity contribution in [3.8, 4) is 0 Å². The third-order valence-corrected chi connectivity index (χ3v) is 4.78. The standard InChI is InChI=1S/C26H25N3O3/c1-18(2)26(32)27-21-10-12-23(13-11-21)29(20(4)31)25-16-14-24(15-17-25)28(19(3)30)22-8-6-5-7-9-22/h5-17H,1H2,2-4H3,(H,27,32). The molecule has 0 fully saturated rings. The molecule has 0 heterocycles. The fraction of sp³-hybridized carbons (Fsp3) is 0.115. The molecule has 3 aromatic rings. The molecule has 32 heavy (non-hydrogen) atoms. The molecule has 0 spiro atoms. The highest BCUT2D eigenvalue weighted by Gasteiger charge is 2.17. The van der Waals surface area contributed by atoms with Gasteiger partial charge in [0.2, 0.25) is 11.8 Å². The van der Waals surface area contributed by atoms with Crippen LogP contribution in [-0.4, -0.2) is 17.7 Å². The largest absolute Gasteiger partial charge is 0.322 e. The number of anilines is 5. The summed E-state index contributed by atoms with van der Waals surface area (Å²) in [6, 6.07) is 23.6. The summed E-state index contributed by atoms with van der Waals surface area (Å²) in [5.41, 5.74) is 3.81. The van der Waals surface area contributed by atoms with Gasteiger partial charge in [-0.05, 0) is 67.6 Å². The summed E-state index contributed by atoms with van der Waals surface area (Å²) in [4.78, 5) is 39.7. The summed E-state index contributed by atoms with van der Waals surface area (Å²) in [6.07, 6.45) is 0. The zero-order chi connectivity index (χ0) is 23.3. The zero-order valence-electron chi connectivity index (χ0n) is 18.3. The normalized spacial score (nSPS) is 10.2. The Morgan fingerprint density at radius 2 is 1.00 bits per heavy atom. The summed E-state index contributed by atoms with van der Waals surface area (Å²) in [6.45, 7) is 8.25. The van der Waals surface area contributed by atoms with Gasteiger partial charge in [0.25, 0.3) is 5.91 Å². The average molecular weight is 428 g/mol. The SMILES string of the molecule is C=C(C)C(=O)Nc1ccc(N(C(C)=O)c2ccc(N(C(C)=O)c3ccccc3)cc2)cc1. The molecule has 3 aromatic carbocycles. The molecule has 6 nitrogen and oxygen atoms in total. The van der Waals surface area contributed by atoms with Crippen molar-refractivity contribution in [2.45, 2.75) is 20.8 Å².